The highest BCUT2D eigenvalue weighted by Crippen LogP contribution is 2.20. The molecule has 1 N–H and O–H groups in total. The smallest absolute Gasteiger partial charge is 0.149 e. The van der Waals surface area contributed by atoms with E-state index in [-0.39, 0.29) is 0 Å². The van der Waals surface area contributed by atoms with Crippen molar-refractivity contribution in [1.82, 2.24) is 4.98 Å². The zero-order valence-electron chi connectivity index (χ0n) is 8.33. The Morgan fingerprint density at radius 2 is 1.88 bits per heavy atom. The summed E-state index contributed by atoms with van der Waals surface area (Å²) in [6.45, 7) is 0. The largest absolute Gasteiger partial charge is 0.456 e. The van der Waals surface area contributed by atoms with Crippen molar-refractivity contribution in [1.29, 1.82) is 0 Å². The molecule has 0 aliphatic heterocycles. The van der Waals surface area contributed by atoms with Crippen LogP contribution >= 0.6 is 0 Å². The van der Waals surface area contributed by atoms with E-state index in [0.29, 0.717) is 11.6 Å². The fraction of sp³-hybridized carbons (Fsp3) is 0. The van der Waals surface area contributed by atoms with E-state index in [1.165, 1.54) is 6.20 Å². The number of benzene rings is 1. The Balaban J connectivity index is 2.08. The molecule has 0 aliphatic rings. The maximum Gasteiger partial charge on any atom is 0.149 e. The number of aromatic nitrogens is 1. The SMILES string of the molecule is O=NNc1ccc(Oc2ccccc2)cn1. The number of hydrogen-bond acceptors (Lipinski definition) is 4. The summed E-state index contributed by atoms with van der Waals surface area (Å²) in [6.07, 6.45) is 1.51. The molecule has 1 aromatic carbocycles. The van der Waals surface area contributed by atoms with E-state index in [1.54, 1.807) is 12.1 Å². The van der Waals surface area contributed by atoms with Gasteiger partial charge in [0, 0.05) is 0 Å². The molecule has 2 rings (SSSR count). The van der Waals surface area contributed by atoms with Gasteiger partial charge in [-0.25, -0.2) is 10.4 Å². The van der Waals surface area contributed by atoms with Crippen molar-refractivity contribution in [3.05, 3.63) is 53.6 Å². The first-order valence-corrected chi connectivity index (χ1v) is 4.66. The molecule has 0 radical (unpaired) electrons. The highest BCUT2D eigenvalue weighted by atomic mass is 16.5. The summed E-state index contributed by atoms with van der Waals surface area (Å²) in [6, 6.07) is 12.7. The highest BCUT2D eigenvalue weighted by molar-refractivity contribution is 5.38. The van der Waals surface area contributed by atoms with Crippen molar-refractivity contribution in [2.24, 2.45) is 5.29 Å². The Morgan fingerprint density at radius 1 is 1.06 bits per heavy atom. The van der Waals surface area contributed by atoms with Crippen molar-refractivity contribution in [3.63, 3.8) is 0 Å². The summed E-state index contributed by atoms with van der Waals surface area (Å²) in [5.74, 6) is 1.72. The van der Waals surface area contributed by atoms with Crippen LogP contribution in [0.2, 0.25) is 0 Å². The fourth-order valence-electron chi connectivity index (χ4n) is 1.18. The molecule has 0 amide bonds. The van der Waals surface area contributed by atoms with Crippen molar-refractivity contribution in [2.45, 2.75) is 0 Å². The molecule has 0 spiro atoms. The Morgan fingerprint density at radius 3 is 2.50 bits per heavy atom. The van der Waals surface area contributed by atoms with Gasteiger partial charge in [0.05, 0.1) is 11.5 Å². The second-order valence-corrected chi connectivity index (χ2v) is 3.00. The number of nitroso groups, excluding NO2 is 1. The number of pyridine rings is 1. The summed E-state index contributed by atoms with van der Waals surface area (Å²) in [4.78, 5) is 13.9. The second-order valence-electron chi connectivity index (χ2n) is 3.00. The van der Waals surface area contributed by atoms with E-state index in [1.807, 2.05) is 30.3 Å². The van der Waals surface area contributed by atoms with Crippen LogP contribution in [0, 0.1) is 4.91 Å². The van der Waals surface area contributed by atoms with E-state index in [9.17, 15) is 4.91 Å². The molecule has 2 aromatic rings. The maximum atomic E-state index is 9.92. The molecule has 5 heteroatoms. The molecular weight excluding hydrogens is 206 g/mol. The molecule has 1 aromatic heterocycles. The van der Waals surface area contributed by atoms with Gasteiger partial charge in [-0.3, -0.25) is 0 Å². The summed E-state index contributed by atoms with van der Waals surface area (Å²) in [5.41, 5.74) is 2.20. The van der Waals surface area contributed by atoms with Gasteiger partial charge in [0.15, 0.2) is 0 Å². The van der Waals surface area contributed by atoms with Crippen molar-refractivity contribution in [2.75, 3.05) is 5.43 Å². The average Bonchev–Trinajstić information content (AvgIpc) is 2.33. The first kappa shape index (κ1) is 10.1. The summed E-state index contributed by atoms with van der Waals surface area (Å²) >= 11 is 0. The topological polar surface area (TPSA) is 63.6 Å². The van der Waals surface area contributed by atoms with E-state index in [4.69, 9.17) is 4.74 Å². The van der Waals surface area contributed by atoms with E-state index >= 15 is 0 Å². The molecular formula is C11H9N3O2. The standard InChI is InChI=1S/C11H9N3O2/c15-14-13-11-7-6-10(8-12-11)16-9-4-2-1-3-5-9/h1-8H,(H,12,13,15). The zero-order valence-corrected chi connectivity index (χ0v) is 8.33. The van der Waals surface area contributed by atoms with Crippen LogP contribution in [0.1, 0.15) is 0 Å². The van der Waals surface area contributed by atoms with Crippen LogP contribution in [0.5, 0.6) is 11.5 Å². The van der Waals surface area contributed by atoms with Crippen LogP contribution in [0.4, 0.5) is 5.82 Å². The Hall–Kier alpha value is -2.43. The number of para-hydroxylation sites is 1. The number of nitrogens with zero attached hydrogens (tertiary/aromatic N) is 2. The fourth-order valence-corrected chi connectivity index (χ4v) is 1.18. The Labute approximate surface area is 92.0 Å². The molecule has 0 bridgehead atoms. The normalized spacial score (nSPS) is 9.50. The number of ether oxygens (including phenoxy) is 1. The zero-order chi connectivity index (χ0) is 11.2. The Bertz CT molecular complexity index is 456. The Kier molecular flexibility index (Phi) is 3.08. The van der Waals surface area contributed by atoms with Crippen molar-refractivity contribution in [3.8, 4) is 11.5 Å². The minimum absolute atomic E-state index is 0.385. The van der Waals surface area contributed by atoms with Gasteiger partial charge in [-0.1, -0.05) is 18.2 Å². The average molecular weight is 215 g/mol. The molecule has 0 saturated heterocycles. The molecule has 5 nitrogen and oxygen atoms in total. The molecule has 1 heterocycles. The van der Waals surface area contributed by atoms with Crippen molar-refractivity contribution < 1.29 is 4.74 Å². The third-order valence-corrected chi connectivity index (χ3v) is 1.88. The van der Waals surface area contributed by atoms with Gasteiger partial charge in [0.25, 0.3) is 0 Å². The van der Waals surface area contributed by atoms with Crippen LogP contribution in [-0.2, 0) is 0 Å². The van der Waals surface area contributed by atoms with Crippen molar-refractivity contribution >= 4 is 5.82 Å². The second kappa shape index (κ2) is 4.88. The number of anilines is 1. The van der Waals surface area contributed by atoms with Crippen LogP contribution in [0.15, 0.2) is 53.9 Å². The maximum absolute atomic E-state index is 9.92. The molecule has 0 atom stereocenters. The summed E-state index contributed by atoms with van der Waals surface area (Å²) in [5, 5.41) is 2.52. The van der Waals surface area contributed by atoms with E-state index in [2.05, 4.69) is 15.7 Å². The number of rotatable bonds is 4. The quantitative estimate of drug-likeness (QED) is 0.629. The van der Waals surface area contributed by atoms with Gasteiger partial charge in [0.2, 0.25) is 0 Å². The first-order valence-electron chi connectivity index (χ1n) is 4.66. The molecule has 0 aliphatic carbocycles. The van der Waals surface area contributed by atoms with Crippen LogP contribution in [0.3, 0.4) is 0 Å². The minimum Gasteiger partial charge on any atom is -0.456 e. The predicted octanol–water partition coefficient (Wildman–Crippen LogP) is 2.97. The highest BCUT2D eigenvalue weighted by Gasteiger charge is 1.97. The summed E-state index contributed by atoms with van der Waals surface area (Å²) in [7, 11) is 0. The number of nitrogens with one attached hydrogen (secondary N) is 1. The molecule has 16 heavy (non-hydrogen) atoms. The predicted molar refractivity (Wildman–Crippen MR) is 60.2 cm³/mol. The molecule has 0 saturated carbocycles. The van der Waals surface area contributed by atoms with Crippen LogP contribution < -0.4 is 10.2 Å². The van der Waals surface area contributed by atoms with Crippen LogP contribution in [-0.4, -0.2) is 4.98 Å². The van der Waals surface area contributed by atoms with Gasteiger partial charge in [-0.05, 0) is 24.3 Å². The lowest BCUT2D eigenvalue weighted by Crippen LogP contribution is -1.90. The van der Waals surface area contributed by atoms with Gasteiger partial charge < -0.3 is 4.74 Å². The van der Waals surface area contributed by atoms with Gasteiger partial charge in [-0.15, -0.1) is 4.91 Å². The lowest BCUT2D eigenvalue weighted by molar-refractivity contribution is 0.480. The lowest BCUT2D eigenvalue weighted by Gasteiger charge is -2.04. The third-order valence-electron chi connectivity index (χ3n) is 1.88. The molecule has 0 fully saturated rings. The van der Waals surface area contributed by atoms with Gasteiger partial charge >= 0.3 is 0 Å². The van der Waals surface area contributed by atoms with E-state index < -0.39 is 0 Å². The summed E-state index contributed by atoms with van der Waals surface area (Å²) < 4.78 is 5.51. The molecule has 80 valence electrons. The van der Waals surface area contributed by atoms with Gasteiger partial charge in [0.1, 0.15) is 17.3 Å². The van der Waals surface area contributed by atoms with Gasteiger partial charge in [-0.2, -0.15) is 0 Å². The first-order chi connectivity index (χ1) is 7.88. The minimum atomic E-state index is 0.385. The monoisotopic (exact) mass is 215 g/mol. The third kappa shape index (κ3) is 2.54. The lowest BCUT2D eigenvalue weighted by atomic mass is 10.3. The van der Waals surface area contributed by atoms with E-state index in [0.717, 1.165) is 5.75 Å². The number of hydrogen-bond donors (Lipinski definition) is 1. The molecule has 0 unspecified atom stereocenters. The van der Waals surface area contributed by atoms with Crippen LogP contribution in [0.25, 0.3) is 0 Å².